The van der Waals surface area contributed by atoms with E-state index in [1.807, 2.05) is 20.8 Å². The number of alkyl halides is 1. The lowest BCUT2D eigenvalue weighted by molar-refractivity contribution is -0.144. The van der Waals surface area contributed by atoms with E-state index in [9.17, 15) is 9.59 Å². The average molecular weight is 304 g/mol. The molecule has 2 fully saturated rings. The van der Waals surface area contributed by atoms with Gasteiger partial charge < -0.3 is 14.4 Å². The first-order chi connectivity index (χ1) is 9.35. The second kappa shape index (κ2) is 5.80. The molecule has 0 aromatic rings. The van der Waals surface area contributed by atoms with Crippen LogP contribution in [0.15, 0.2) is 0 Å². The molecule has 6 heteroatoms. The van der Waals surface area contributed by atoms with Gasteiger partial charge >= 0.3 is 12.1 Å². The molecule has 2 rings (SSSR count). The lowest BCUT2D eigenvalue weighted by Gasteiger charge is -2.27. The smallest absolute Gasteiger partial charge is 0.410 e. The molecule has 3 atom stereocenters. The lowest BCUT2D eigenvalue weighted by atomic mass is 10.1. The molecular weight excluding hydrogens is 282 g/mol. The zero-order chi connectivity index (χ0) is 14.9. The molecule has 0 unspecified atom stereocenters. The van der Waals surface area contributed by atoms with Crippen LogP contribution >= 0.6 is 11.6 Å². The number of hydrogen-bond donors (Lipinski definition) is 0. The van der Waals surface area contributed by atoms with Gasteiger partial charge in [-0.2, -0.15) is 0 Å². The Labute approximate surface area is 124 Å². The number of hydrogen-bond acceptors (Lipinski definition) is 4. The highest BCUT2D eigenvalue weighted by Gasteiger charge is 2.60. The van der Waals surface area contributed by atoms with Crippen LogP contribution in [0.25, 0.3) is 0 Å². The summed E-state index contributed by atoms with van der Waals surface area (Å²) >= 11 is 5.44. The van der Waals surface area contributed by atoms with Gasteiger partial charge in [0, 0.05) is 6.54 Å². The van der Waals surface area contributed by atoms with Gasteiger partial charge in [-0.05, 0) is 39.5 Å². The number of carbonyl (C=O) groups is 2. The number of halogens is 1. The molecule has 0 N–H and O–H groups in total. The summed E-state index contributed by atoms with van der Waals surface area (Å²) in [5.41, 5.74) is -0.528. The summed E-state index contributed by atoms with van der Waals surface area (Å²) < 4.78 is 10.3. The molecule has 20 heavy (non-hydrogen) atoms. The minimum Gasteiger partial charge on any atom is -0.449 e. The van der Waals surface area contributed by atoms with Crippen molar-refractivity contribution in [1.29, 1.82) is 0 Å². The van der Waals surface area contributed by atoms with Crippen LogP contribution in [-0.4, -0.2) is 41.2 Å². The maximum absolute atomic E-state index is 12.3. The zero-order valence-corrected chi connectivity index (χ0v) is 13.0. The maximum atomic E-state index is 12.3. The van der Waals surface area contributed by atoms with E-state index < -0.39 is 5.60 Å². The number of ether oxygens (including phenoxy) is 2. The molecular formula is C14H22ClNO4. The first-order valence-electron chi connectivity index (χ1n) is 7.07. The Morgan fingerprint density at radius 2 is 2.00 bits per heavy atom. The number of likely N-dealkylation sites (tertiary alicyclic amines) is 1. The Morgan fingerprint density at radius 1 is 1.30 bits per heavy atom. The summed E-state index contributed by atoms with van der Waals surface area (Å²) in [7, 11) is 0. The van der Waals surface area contributed by atoms with Gasteiger partial charge in [0.15, 0.2) is 6.07 Å². The van der Waals surface area contributed by atoms with Crippen molar-refractivity contribution in [2.75, 3.05) is 12.6 Å². The fourth-order valence-corrected chi connectivity index (χ4v) is 3.05. The van der Waals surface area contributed by atoms with Crippen LogP contribution in [0.5, 0.6) is 0 Å². The predicted molar refractivity (Wildman–Crippen MR) is 74.4 cm³/mol. The summed E-state index contributed by atoms with van der Waals surface area (Å²) in [6.07, 6.45) is 2.58. The van der Waals surface area contributed by atoms with Crippen molar-refractivity contribution in [2.24, 2.45) is 11.8 Å². The number of esters is 1. The second-order valence-corrected chi connectivity index (χ2v) is 6.64. The van der Waals surface area contributed by atoms with E-state index in [1.165, 1.54) is 0 Å². The SMILES string of the molecule is CC(C)(C)OC(=O)N1CCCC[C@H]2[C@H](C(=O)OCCl)[C@H]21. The molecule has 5 nitrogen and oxygen atoms in total. The van der Waals surface area contributed by atoms with Gasteiger partial charge in [-0.25, -0.2) is 4.79 Å². The van der Waals surface area contributed by atoms with Crippen LogP contribution in [0.2, 0.25) is 0 Å². The van der Waals surface area contributed by atoms with Crippen molar-refractivity contribution >= 4 is 23.7 Å². The van der Waals surface area contributed by atoms with Gasteiger partial charge in [-0.1, -0.05) is 18.0 Å². The standard InChI is InChI=1S/C14H22ClNO4/c1-14(2,3)20-13(18)16-7-5-4-6-9-10(11(9)16)12(17)19-8-15/h9-11H,4-8H2,1-3H3/t9-,10-,11-/m0/s1. The average Bonchev–Trinajstić information content (AvgIpc) is 3.01. The Bertz CT molecular complexity index is 393. The van der Waals surface area contributed by atoms with Gasteiger partial charge in [-0.15, -0.1) is 0 Å². The molecule has 1 aliphatic heterocycles. The number of nitrogens with zero attached hydrogens (tertiary/aromatic N) is 1. The maximum Gasteiger partial charge on any atom is 0.410 e. The minimum atomic E-state index is -0.528. The van der Waals surface area contributed by atoms with Crippen molar-refractivity contribution in [2.45, 2.75) is 51.7 Å². The Morgan fingerprint density at radius 3 is 2.60 bits per heavy atom. The summed E-state index contributed by atoms with van der Waals surface area (Å²) in [4.78, 5) is 25.8. The van der Waals surface area contributed by atoms with E-state index in [1.54, 1.807) is 4.90 Å². The molecule has 0 bridgehead atoms. The predicted octanol–water partition coefficient (Wildman–Crippen LogP) is 2.76. The van der Waals surface area contributed by atoms with E-state index in [2.05, 4.69) is 0 Å². The van der Waals surface area contributed by atoms with Crippen LogP contribution < -0.4 is 0 Å². The summed E-state index contributed by atoms with van der Waals surface area (Å²) in [5.74, 6) is -0.340. The summed E-state index contributed by atoms with van der Waals surface area (Å²) in [5, 5.41) is 0. The van der Waals surface area contributed by atoms with Crippen LogP contribution in [0.1, 0.15) is 40.0 Å². The highest BCUT2D eigenvalue weighted by Crippen LogP contribution is 2.49. The van der Waals surface area contributed by atoms with Crippen molar-refractivity contribution in [3.63, 3.8) is 0 Å². The summed E-state index contributed by atoms with van der Waals surface area (Å²) in [6.45, 7) is 6.16. The van der Waals surface area contributed by atoms with Gasteiger partial charge in [0.1, 0.15) is 5.60 Å². The number of carbonyl (C=O) groups excluding carboxylic acids is 2. The molecule has 0 spiro atoms. The Kier molecular flexibility index (Phi) is 4.47. The van der Waals surface area contributed by atoms with E-state index in [0.717, 1.165) is 19.3 Å². The molecule has 0 radical (unpaired) electrons. The molecule has 1 aliphatic carbocycles. The molecule has 1 heterocycles. The Hall–Kier alpha value is -0.970. The molecule has 1 amide bonds. The van der Waals surface area contributed by atoms with E-state index in [0.29, 0.717) is 6.54 Å². The van der Waals surface area contributed by atoms with Gasteiger partial charge in [0.05, 0.1) is 12.0 Å². The van der Waals surface area contributed by atoms with Gasteiger partial charge in [-0.3, -0.25) is 4.79 Å². The van der Waals surface area contributed by atoms with Gasteiger partial charge in [0.2, 0.25) is 0 Å². The van der Waals surface area contributed by atoms with E-state index in [-0.39, 0.29) is 36.0 Å². The quantitative estimate of drug-likeness (QED) is 0.581. The largest absolute Gasteiger partial charge is 0.449 e. The fourth-order valence-electron chi connectivity index (χ4n) is 2.94. The monoisotopic (exact) mass is 303 g/mol. The van der Waals surface area contributed by atoms with E-state index in [4.69, 9.17) is 21.1 Å². The van der Waals surface area contributed by atoms with Crippen LogP contribution in [0.4, 0.5) is 4.79 Å². The highest BCUT2D eigenvalue weighted by atomic mass is 35.5. The van der Waals surface area contributed by atoms with Gasteiger partial charge in [0.25, 0.3) is 0 Å². The number of amides is 1. The highest BCUT2D eigenvalue weighted by molar-refractivity contribution is 6.17. The van der Waals surface area contributed by atoms with Crippen LogP contribution in [0, 0.1) is 11.8 Å². The summed E-state index contributed by atoms with van der Waals surface area (Å²) in [6, 6.07) is -0.218. The molecule has 2 aliphatic rings. The molecule has 0 aromatic heterocycles. The second-order valence-electron chi connectivity index (χ2n) is 6.42. The number of fused-ring (bicyclic) bond motifs is 1. The third-order valence-corrected chi connectivity index (χ3v) is 3.88. The van der Waals surface area contributed by atoms with E-state index >= 15 is 0 Å². The van der Waals surface area contributed by atoms with Crippen LogP contribution in [0.3, 0.4) is 0 Å². The zero-order valence-electron chi connectivity index (χ0n) is 12.2. The minimum absolute atomic E-state index is 0.0805. The fraction of sp³-hybridized carbons (Fsp3) is 0.857. The number of rotatable bonds is 2. The molecule has 0 aromatic carbocycles. The topological polar surface area (TPSA) is 55.8 Å². The van der Waals surface area contributed by atoms with Crippen molar-refractivity contribution in [3.8, 4) is 0 Å². The third-order valence-electron chi connectivity index (χ3n) is 3.77. The third kappa shape index (κ3) is 3.37. The van der Waals surface area contributed by atoms with Crippen molar-refractivity contribution in [1.82, 2.24) is 4.90 Å². The normalized spacial score (nSPS) is 29.2. The first kappa shape index (κ1) is 15.4. The molecule has 114 valence electrons. The molecule has 1 saturated heterocycles. The van der Waals surface area contributed by atoms with Crippen molar-refractivity contribution < 1.29 is 19.1 Å². The van der Waals surface area contributed by atoms with Crippen molar-refractivity contribution in [3.05, 3.63) is 0 Å². The lowest BCUT2D eigenvalue weighted by Crippen LogP contribution is -2.40. The van der Waals surface area contributed by atoms with Crippen LogP contribution in [-0.2, 0) is 14.3 Å². The molecule has 1 saturated carbocycles. The first-order valence-corrected chi connectivity index (χ1v) is 7.61. The Balaban J connectivity index is 2.04.